The molecule has 0 saturated heterocycles. The lowest BCUT2D eigenvalue weighted by Crippen LogP contribution is -2.06. The average Bonchev–Trinajstić information content (AvgIpc) is 2.77. The van der Waals surface area contributed by atoms with Gasteiger partial charge in [-0.2, -0.15) is 5.26 Å². The molecule has 4 heteroatoms. The lowest BCUT2D eigenvalue weighted by molar-refractivity contribution is -0.143. The molecular weight excluding hydrogens is 374 g/mol. The number of nitrogens with zero attached hydrogens (tertiary/aromatic N) is 1. The van der Waals surface area contributed by atoms with E-state index < -0.39 is 0 Å². The fraction of sp³-hybridized carbons (Fsp3) is 0.231. The van der Waals surface area contributed by atoms with Crippen molar-refractivity contribution in [3.05, 3.63) is 77.4 Å². The van der Waals surface area contributed by atoms with Crippen LogP contribution in [0.1, 0.15) is 30.0 Å². The summed E-state index contributed by atoms with van der Waals surface area (Å²) in [5, 5.41) is 9.78. The van der Waals surface area contributed by atoms with Crippen LogP contribution in [-0.2, 0) is 16.0 Å². The van der Waals surface area contributed by atoms with Gasteiger partial charge in [-0.1, -0.05) is 48.0 Å². The zero-order chi connectivity index (χ0) is 21.5. The second-order valence-corrected chi connectivity index (χ2v) is 7.07. The summed E-state index contributed by atoms with van der Waals surface area (Å²) in [6.45, 7) is 4.21. The first-order valence-electron chi connectivity index (χ1n) is 9.99. The van der Waals surface area contributed by atoms with E-state index in [9.17, 15) is 10.1 Å². The first-order chi connectivity index (χ1) is 14.5. The van der Waals surface area contributed by atoms with E-state index in [1.54, 1.807) is 14.0 Å². The largest absolute Gasteiger partial charge is 0.497 e. The lowest BCUT2D eigenvalue weighted by Gasteiger charge is -2.14. The number of esters is 1. The lowest BCUT2D eigenvalue weighted by atomic mass is 9.91. The zero-order valence-corrected chi connectivity index (χ0v) is 17.6. The maximum Gasteiger partial charge on any atom is 0.306 e. The maximum absolute atomic E-state index is 11.9. The van der Waals surface area contributed by atoms with Crippen LogP contribution >= 0.6 is 0 Å². The predicted molar refractivity (Wildman–Crippen MR) is 118 cm³/mol. The van der Waals surface area contributed by atoms with Gasteiger partial charge in [0.05, 0.1) is 25.3 Å². The van der Waals surface area contributed by atoms with Crippen LogP contribution in [0.2, 0.25) is 0 Å². The first kappa shape index (κ1) is 21.1. The molecular formula is C26H25NO3. The van der Waals surface area contributed by atoms with E-state index in [1.807, 2.05) is 61.5 Å². The second kappa shape index (κ2) is 9.76. The number of aryl methyl sites for hydroxylation is 2. The summed E-state index contributed by atoms with van der Waals surface area (Å²) in [6, 6.07) is 22.2. The van der Waals surface area contributed by atoms with E-state index in [-0.39, 0.29) is 5.97 Å². The van der Waals surface area contributed by atoms with Crippen molar-refractivity contribution in [2.45, 2.75) is 26.7 Å². The van der Waals surface area contributed by atoms with E-state index in [2.05, 4.69) is 12.1 Å². The minimum Gasteiger partial charge on any atom is -0.497 e. The quantitative estimate of drug-likeness (QED) is 0.478. The van der Waals surface area contributed by atoms with E-state index in [0.717, 1.165) is 39.1 Å². The van der Waals surface area contributed by atoms with Gasteiger partial charge in [-0.15, -0.1) is 0 Å². The molecule has 3 aromatic rings. The molecule has 0 aliphatic carbocycles. The van der Waals surface area contributed by atoms with Gasteiger partial charge in [0.25, 0.3) is 0 Å². The van der Waals surface area contributed by atoms with Crippen molar-refractivity contribution in [3.8, 4) is 34.1 Å². The third-order valence-corrected chi connectivity index (χ3v) is 5.00. The summed E-state index contributed by atoms with van der Waals surface area (Å²) in [7, 11) is 1.62. The normalized spacial score (nSPS) is 10.3. The Hall–Kier alpha value is -3.58. The summed E-state index contributed by atoms with van der Waals surface area (Å²) in [6.07, 6.45) is 0.827. The van der Waals surface area contributed by atoms with Crippen molar-refractivity contribution in [1.29, 1.82) is 5.26 Å². The number of ether oxygens (including phenoxy) is 2. The Kier molecular flexibility index (Phi) is 6.87. The number of hydrogen-bond donors (Lipinski definition) is 0. The van der Waals surface area contributed by atoms with Gasteiger partial charge < -0.3 is 9.47 Å². The molecule has 0 spiro atoms. The van der Waals surface area contributed by atoms with Gasteiger partial charge in [0.15, 0.2) is 0 Å². The van der Waals surface area contributed by atoms with Crippen LogP contribution in [0.25, 0.3) is 22.3 Å². The van der Waals surface area contributed by atoms with Crippen LogP contribution in [0, 0.1) is 18.3 Å². The number of carbonyl (C=O) groups excluding carboxylic acids is 1. The monoisotopic (exact) mass is 399 g/mol. The molecule has 0 N–H and O–H groups in total. The van der Waals surface area contributed by atoms with Gasteiger partial charge in [-0.25, -0.2) is 0 Å². The standard InChI is InChI=1S/C26H25NO3/c1-4-30-26(28)13-9-21-16-23(29-3)10-12-24(21)20-8-11-25(22(15-20)17-27)19-7-5-6-18(2)14-19/h5-8,10-12,14-16H,4,9,13H2,1-3H3. The summed E-state index contributed by atoms with van der Waals surface area (Å²) in [5.41, 5.74) is 6.59. The van der Waals surface area contributed by atoms with E-state index in [4.69, 9.17) is 9.47 Å². The van der Waals surface area contributed by atoms with Crippen LogP contribution in [0.5, 0.6) is 5.75 Å². The third kappa shape index (κ3) is 4.87. The van der Waals surface area contributed by atoms with E-state index in [0.29, 0.717) is 25.0 Å². The molecule has 0 atom stereocenters. The van der Waals surface area contributed by atoms with Gasteiger partial charge in [0.2, 0.25) is 0 Å². The van der Waals surface area contributed by atoms with Crippen molar-refractivity contribution in [3.63, 3.8) is 0 Å². The van der Waals surface area contributed by atoms with Crippen LogP contribution in [-0.4, -0.2) is 19.7 Å². The number of carbonyl (C=O) groups is 1. The number of hydrogen-bond acceptors (Lipinski definition) is 4. The van der Waals surface area contributed by atoms with Gasteiger partial charge in [0.1, 0.15) is 5.75 Å². The average molecular weight is 399 g/mol. The Morgan fingerprint density at radius 2 is 1.77 bits per heavy atom. The molecule has 0 radical (unpaired) electrons. The Morgan fingerprint density at radius 3 is 2.47 bits per heavy atom. The van der Waals surface area contributed by atoms with E-state index in [1.165, 1.54) is 0 Å². The molecule has 0 aliphatic heterocycles. The molecule has 0 bridgehead atoms. The number of methoxy groups -OCH3 is 1. The summed E-state index contributed by atoms with van der Waals surface area (Å²) < 4.78 is 10.4. The Balaban J connectivity index is 2.00. The van der Waals surface area contributed by atoms with Crippen LogP contribution in [0.15, 0.2) is 60.7 Å². The third-order valence-electron chi connectivity index (χ3n) is 5.00. The maximum atomic E-state index is 11.9. The van der Waals surface area contributed by atoms with Crippen LogP contribution in [0.4, 0.5) is 0 Å². The van der Waals surface area contributed by atoms with Crippen molar-refractivity contribution in [2.75, 3.05) is 13.7 Å². The van der Waals surface area contributed by atoms with Crippen LogP contribution in [0.3, 0.4) is 0 Å². The Morgan fingerprint density at radius 1 is 1.00 bits per heavy atom. The molecule has 3 rings (SSSR count). The first-order valence-corrected chi connectivity index (χ1v) is 9.99. The molecule has 30 heavy (non-hydrogen) atoms. The minimum atomic E-state index is -0.223. The molecule has 152 valence electrons. The molecule has 0 aliphatic rings. The fourth-order valence-electron chi connectivity index (χ4n) is 3.52. The van der Waals surface area contributed by atoms with Crippen LogP contribution < -0.4 is 4.74 Å². The van der Waals surface area contributed by atoms with Crippen molar-refractivity contribution < 1.29 is 14.3 Å². The SMILES string of the molecule is CCOC(=O)CCc1cc(OC)ccc1-c1ccc(-c2cccc(C)c2)c(C#N)c1. The fourth-order valence-corrected chi connectivity index (χ4v) is 3.52. The highest BCUT2D eigenvalue weighted by Gasteiger charge is 2.13. The van der Waals surface area contributed by atoms with E-state index >= 15 is 0 Å². The summed E-state index contributed by atoms with van der Waals surface area (Å²) in [4.78, 5) is 11.9. The molecule has 3 aromatic carbocycles. The van der Waals surface area contributed by atoms with Gasteiger partial charge in [-0.3, -0.25) is 4.79 Å². The highest BCUT2D eigenvalue weighted by molar-refractivity contribution is 5.78. The molecule has 0 aromatic heterocycles. The predicted octanol–water partition coefficient (Wildman–Crippen LogP) is 5.71. The van der Waals surface area contributed by atoms with Crippen molar-refractivity contribution in [2.24, 2.45) is 0 Å². The number of benzene rings is 3. The van der Waals surface area contributed by atoms with Crippen molar-refractivity contribution >= 4 is 5.97 Å². The zero-order valence-electron chi connectivity index (χ0n) is 17.6. The molecule has 0 fully saturated rings. The summed E-state index contributed by atoms with van der Waals surface area (Å²) in [5.74, 6) is 0.508. The number of nitriles is 1. The summed E-state index contributed by atoms with van der Waals surface area (Å²) >= 11 is 0. The van der Waals surface area contributed by atoms with Gasteiger partial charge >= 0.3 is 5.97 Å². The van der Waals surface area contributed by atoms with Gasteiger partial charge in [0, 0.05) is 6.42 Å². The Labute approximate surface area is 177 Å². The number of rotatable bonds is 7. The smallest absolute Gasteiger partial charge is 0.306 e. The van der Waals surface area contributed by atoms with Gasteiger partial charge in [-0.05, 0) is 66.3 Å². The highest BCUT2D eigenvalue weighted by Crippen LogP contribution is 2.33. The topological polar surface area (TPSA) is 59.3 Å². The highest BCUT2D eigenvalue weighted by atomic mass is 16.5. The molecule has 0 heterocycles. The second-order valence-electron chi connectivity index (χ2n) is 7.07. The molecule has 0 unspecified atom stereocenters. The molecule has 0 saturated carbocycles. The molecule has 0 amide bonds. The minimum absolute atomic E-state index is 0.223. The Bertz CT molecular complexity index is 1100. The molecule has 4 nitrogen and oxygen atoms in total. The van der Waals surface area contributed by atoms with Crippen molar-refractivity contribution in [1.82, 2.24) is 0 Å².